The zero-order chi connectivity index (χ0) is 9.52. The van der Waals surface area contributed by atoms with Crippen molar-refractivity contribution in [1.82, 2.24) is 10.2 Å². The van der Waals surface area contributed by atoms with Crippen molar-refractivity contribution in [2.75, 3.05) is 46.9 Å². The maximum absolute atomic E-state index is 5.08. The van der Waals surface area contributed by atoms with Gasteiger partial charge in [-0.1, -0.05) is 0 Å². The maximum atomic E-state index is 5.08. The van der Waals surface area contributed by atoms with Crippen molar-refractivity contribution in [2.24, 2.45) is 5.92 Å². The number of hydrogen-bond donors (Lipinski definition) is 1. The van der Waals surface area contributed by atoms with E-state index in [0.29, 0.717) is 0 Å². The molecule has 1 aliphatic rings. The molecule has 1 aliphatic heterocycles. The number of methoxy groups -OCH3 is 1. The smallest absolute Gasteiger partial charge is 0.0589 e. The molecule has 1 rings (SSSR count). The highest BCUT2D eigenvalue weighted by atomic mass is 16.5. The van der Waals surface area contributed by atoms with Gasteiger partial charge in [-0.2, -0.15) is 0 Å². The first kappa shape index (κ1) is 11.0. The molecule has 3 heteroatoms. The van der Waals surface area contributed by atoms with E-state index in [1.165, 1.54) is 25.9 Å². The lowest BCUT2D eigenvalue weighted by Gasteiger charge is -2.32. The molecule has 13 heavy (non-hydrogen) atoms. The number of nitrogens with zero attached hydrogens (tertiary/aromatic N) is 1. The maximum Gasteiger partial charge on any atom is 0.0589 e. The third-order valence-electron chi connectivity index (χ3n) is 2.71. The topological polar surface area (TPSA) is 24.5 Å². The predicted octanol–water partition coefficient (Wildman–Crippen LogP) is 0.564. The first-order valence-electron chi connectivity index (χ1n) is 5.22. The van der Waals surface area contributed by atoms with Gasteiger partial charge in [-0.15, -0.1) is 0 Å². The summed E-state index contributed by atoms with van der Waals surface area (Å²) in [5, 5.41) is 3.26. The molecule has 1 heterocycles. The zero-order valence-electron chi connectivity index (χ0n) is 8.88. The molecule has 1 saturated heterocycles. The summed E-state index contributed by atoms with van der Waals surface area (Å²) in [7, 11) is 3.81. The fraction of sp³-hybridized carbons (Fsp3) is 1.00. The predicted molar refractivity (Wildman–Crippen MR) is 55.0 cm³/mol. The van der Waals surface area contributed by atoms with E-state index in [1.807, 2.05) is 7.05 Å². The lowest BCUT2D eigenvalue weighted by Crippen LogP contribution is -2.40. The summed E-state index contributed by atoms with van der Waals surface area (Å²) < 4.78 is 5.08. The second-order valence-corrected chi connectivity index (χ2v) is 3.86. The minimum atomic E-state index is 0.843. The van der Waals surface area contributed by atoms with Crippen LogP contribution in [-0.4, -0.2) is 51.8 Å². The second kappa shape index (κ2) is 6.35. The first-order valence-corrected chi connectivity index (χ1v) is 5.22. The molecule has 1 atom stereocenters. The average molecular weight is 186 g/mol. The quantitative estimate of drug-likeness (QED) is 0.679. The van der Waals surface area contributed by atoms with Gasteiger partial charge >= 0.3 is 0 Å². The molecule has 0 aromatic rings. The van der Waals surface area contributed by atoms with Gasteiger partial charge in [-0.3, -0.25) is 0 Å². The van der Waals surface area contributed by atoms with Crippen molar-refractivity contribution >= 4 is 0 Å². The largest absolute Gasteiger partial charge is 0.383 e. The van der Waals surface area contributed by atoms with Crippen molar-refractivity contribution < 1.29 is 4.74 Å². The molecule has 0 amide bonds. The van der Waals surface area contributed by atoms with E-state index in [9.17, 15) is 0 Å². The lowest BCUT2D eigenvalue weighted by molar-refractivity contribution is 0.115. The van der Waals surface area contributed by atoms with Gasteiger partial charge in [0.05, 0.1) is 6.61 Å². The fourth-order valence-corrected chi connectivity index (χ4v) is 2.03. The van der Waals surface area contributed by atoms with Crippen LogP contribution in [0.25, 0.3) is 0 Å². The third-order valence-corrected chi connectivity index (χ3v) is 2.71. The van der Waals surface area contributed by atoms with Crippen LogP contribution in [0.15, 0.2) is 0 Å². The van der Waals surface area contributed by atoms with Crippen LogP contribution in [0.3, 0.4) is 0 Å². The highest BCUT2D eigenvalue weighted by Gasteiger charge is 2.18. The van der Waals surface area contributed by atoms with E-state index < -0.39 is 0 Å². The summed E-state index contributed by atoms with van der Waals surface area (Å²) in [6.07, 6.45) is 2.72. The summed E-state index contributed by atoms with van der Waals surface area (Å²) in [5.41, 5.74) is 0. The number of ether oxygens (including phenoxy) is 1. The van der Waals surface area contributed by atoms with Crippen LogP contribution >= 0.6 is 0 Å². The Morgan fingerprint density at radius 1 is 1.54 bits per heavy atom. The summed E-state index contributed by atoms with van der Waals surface area (Å²) >= 11 is 0. The summed E-state index contributed by atoms with van der Waals surface area (Å²) in [5.74, 6) is 0.843. The van der Waals surface area contributed by atoms with Crippen molar-refractivity contribution in [3.05, 3.63) is 0 Å². The monoisotopic (exact) mass is 186 g/mol. The van der Waals surface area contributed by atoms with Crippen LogP contribution in [0.2, 0.25) is 0 Å². The van der Waals surface area contributed by atoms with Crippen LogP contribution in [0, 0.1) is 5.92 Å². The third kappa shape index (κ3) is 4.07. The molecule has 0 unspecified atom stereocenters. The van der Waals surface area contributed by atoms with Gasteiger partial charge in [0, 0.05) is 20.2 Å². The van der Waals surface area contributed by atoms with Gasteiger partial charge in [0.25, 0.3) is 0 Å². The molecule has 1 N–H and O–H groups in total. The van der Waals surface area contributed by atoms with Crippen LogP contribution in [-0.2, 0) is 4.74 Å². The standard InChI is InChI=1S/C10H22N2O/c1-11-8-10-4-3-5-12(9-10)6-7-13-2/h10-11H,3-9H2,1-2H3/t10-/m1/s1. The van der Waals surface area contributed by atoms with E-state index in [-0.39, 0.29) is 0 Å². The SMILES string of the molecule is CNC[C@H]1CCCN(CCOC)C1. The van der Waals surface area contributed by atoms with Gasteiger partial charge in [0.2, 0.25) is 0 Å². The van der Waals surface area contributed by atoms with E-state index in [4.69, 9.17) is 4.74 Å². The molecule has 0 radical (unpaired) electrons. The number of piperidine rings is 1. The van der Waals surface area contributed by atoms with E-state index in [1.54, 1.807) is 7.11 Å². The Morgan fingerprint density at radius 3 is 3.08 bits per heavy atom. The van der Waals surface area contributed by atoms with Gasteiger partial charge in [-0.25, -0.2) is 0 Å². The number of nitrogens with one attached hydrogen (secondary N) is 1. The van der Waals surface area contributed by atoms with E-state index in [0.717, 1.165) is 25.6 Å². The highest BCUT2D eigenvalue weighted by Crippen LogP contribution is 2.14. The minimum absolute atomic E-state index is 0.843. The number of rotatable bonds is 5. The molecule has 0 aromatic heterocycles. The Labute approximate surface area is 81.4 Å². The molecule has 0 bridgehead atoms. The van der Waals surface area contributed by atoms with Crippen molar-refractivity contribution in [3.63, 3.8) is 0 Å². The Balaban J connectivity index is 2.16. The molecular formula is C10H22N2O. The molecule has 0 aromatic carbocycles. The Morgan fingerprint density at radius 2 is 2.38 bits per heavy atom. The highest BCUT2D eigenvalue weighted by molar-refractivity contribution is 4.73. The summed E-state index contributed by atoms with van der Waals surface area (Å²) in [4.78, 5) is 2.51. The van der Waals surface area contributed by atoms with Gasteiger partial charge in [-0.05, 0) is 38.9 Å². The first-order chi connectivity index (χ1) is 6.36. The number of hydrogen-bond acceptors (Lipinski definition) is 3. The fourth-order valence-electron chi connectivity index (χ4n) is 2.03. The van der Waals surface area contributed by atoms with Gasteiger partial charge in [0.15, 0.2) is 0 Å². The molecular weight excluding hydrogens is 164 g/mol. The normalized spacial score (nSPS) is 24.9. The zero-order valence-corrected chi connectivity index (χ0v) is 8.88. The van der Waals surface area contributed by atoms with Crippen LogP contribution in [0.4, 0.5) is 0 Å². The minimum Gasteiger partial charge on any atom is -0.383 e. The van der Waals surface area contributed by atoms with E-state index in [2.05, 4.69) is 10.2 Å². The van der Waals surface area contributed by atoms with Crippen molar-refractivity contribution in [1.29, 1.82) is 0 Å². The van der Waals surface area contributed by atoms with Gasteiger partial charge in [0.1, 0.15) is 0 Å². The van der Waals surface area contributed by atoms with Crippen molar-refractivity contribution in [3.8, 4) is 0 Å². The molecule has 3 nitrogen and oxygen atoms in total. The van der Waals surface area contributed by atoms with Crippen molar-refractivity contribution in [2.45, 2.75) is 12.8 Å². The average Bonchev–Trinajstić information content (AvgIpc) is 2.16. The van der Waals surface area contributed by atoms with Crippen LogP contribution in [0.1, 0.15) is 12.8 Å². The Kier molecular flexibility index (Phi) is 5.35. The lowest BCUT2D eigenvalue weighted by atomic mass is 9.98. The molecule has 0 spiro atoms. The molecule has 0 aliphatic carbocycles. The summed E-state index contributed by atoms with van der Waals surface area (Å²) in [6.45, 7) is 5.61. The Bertz CT molecular complexity index is 128. The summed E-state index contributed by atoms with van der Waals surface area (Å²) in [6, 6.07) is 0. The van der Waals surface area contributed by atoms with Gasteiger partial charge < -0.3 is 15.0 Å². The number of likely N-dealkylation sites (tertiary alicyclic amines) is 1. The second-order valence-electron chi connectivity index (χ2n) is 3.86. The van der Waals surface area contributed by atoms with E-state index >= 15 is 0 Å². The van der Waals surface area contributed by atoms with Crippen LogP contribution in [0.5, 0.6) is 0 Å². The van der Waals surface area contributed by atoms with Crippen LogP contribution < -0.4 is 5.32 Å². The molecule has 78 valence electrons. The molecule has 1 fully saturated rings. The molecule has 0 saturated carbocycles. The Hall–Kier alpha value is -0.120.